The van der Waals surface area contributed by atoms with Crippen LogP contribution in [-0.4, -0.2) is 4.98 Å². The molecule has 2 nitrogen and oxygen atoms in total. The first-order valence-corrected chi connectivity index (χ1v) is 7.47. The number of aromatic nitrogens is 1. The van der Waals surface area contributed by atoms with E-state index in [2.05, 4.69) is 34.1 Å². The second-order valence-corrected chi connectivity index (χ2v) is 5.70. The molecule has 0 radical (unpaired) electrons. The number of nitrogens with one attached hydrogen (secondary N) is 1. The van der Waals surface area contributed by atoms with Gasteiger partial charge in [-0.1, -0.05) is 6.07 Å². The Morgan fingerprint density at radius 1 is 1.44 bits per heavy atom. The van der Waals surface area contributed by atoms with Gasteiger partial charge < -0.3 is 5.32 Å². The lowest BCUT2D eigenvalue weighted by molar-refractivity contribution is 0.447. The highest BCUT2D eigenvalue weighted by molar-refractivity contribution is 7.08. The molecular formula is C15H18N2S. The van der Waals surface area contributed by atoms with Crippen molar-refractivity contribution in [1.29, 1.82) is 0 Å². The molecule has 0 fully saturated rings. The van der Waals surface area contributed by atoms with Gasteiger partial charge in [0.25, 0.3) is 0 Å². The Morgan fingerprint density at radius 2 is 2.39 bits per heavy atom. The highest BCUT2D eigenvalue weighted by Crippen LogP contribution is 2.28. The number of thiophene rings is 1. The van der Waals surface area contributed by atoms with Crippen molar-refractivity contribution in [2.75, 3.05) is 0 Å². The van der Waals surface area contributed by atoms with Gasteiger partial charge in [-0.2, -0.15) is 11.3 Å². The Bertz CT molecular complexity index is 533. The molecule has 3 rings (SSSR count). The smallest absolute Gasteiger partial charge is 0.0605 e. The van der Waals surface area contributed by atoms with Crippen LogP contribution in [-0.2, 0) is 13.0 Å². The fourth-order valence-corrected chi connectivity index (χ4v) is 3.47. The fourth-order valence-electron chi connectivity index (χ4n) is 2.61. The Balaban J connectivity index is 1.73. The quantitative estimate of drug-likeness (QED) is 0.909. The first-order chi connectivity index (χ1) is 8.84. The Kier molecular flexibility index (Phi) is 3.43. The van der Waals surface area contributed by atoms with Gasteiger partial charge in [0.2, 0.25) is 0 Å². The number of hydrogen-bond donors (Lipinski definition) is 1. The second-order valence-electron chi connectivity index (χ2n) is 4.95. The molecule has 1 aliphatic carbocycles. The van der Waals surface area contributed by atoms with Gasteiger partial charge in [-0.05, 0) is 59.7 Å². The summed E-state index contributed by atoms with van der Waals surface area (Å²) >= 11 is 1.78. The Morgan fingerprint density at radius 3 is 3.22 bits per heavy atom. The number of hydrogen-bond acceptors (Lipinski definition) is 3. The minimum absolute atomic E-state index is 0.425. The van der Waals surface area contributed by atoms with E-state index in [9.17, 15) is 0 Å². The van der Waals surface area contributed by atoms with Crippen LogP contribution in [0.2, 0.25) is 0 Å². The van der Waals surface area contributed by atoms with Crippen LogP contribution in [0, 0.1) is 6.92 Å². The summed E-state index contributed by atoms with van der Waals surface area (Å²) in [7, 11) is 0. The first kappa shape index (κ1) is 11.9. The van der Waals surface area contributed by atoms with Crippen LogP contribution >= 0.6 is 11.3 Å². The summed E-state index contributed by atoms with van der Waals surface area (Å²) in [6.45, 7) is 3.14. The minimum atomic E-state index is 0.425. The van der Waals surface area contributed by atoms with Gasteiger partial charge in [0.15, 0.2) is 0 Å². The highest BCUT2D eigenvalue weighted by Gasteiger charge is 2.20. The summed E-state index contributed by atoms with van der Waals surface area (Å²) in [5.74, 6) is 0. The lowest BCUT2D eigenvalue weighted by atomic mass is 9.92. The molecule has 1 unspecified atom stereocenters. The molecule has 0 spiro atoms. The summed E-state index contributed by atoms with van der Waals surface area (Å²) in [6, 6.07) is 4.69. The molecule has 1 atom stereocenters. The van der Waals surface area contributed by atoms with Crippen LogP contribution in [0.1, 0.15) is 41.3 Å². The van der Waals surface area contributed by atoms with E-state index in [-0.39, 0.29) is 0 Å². The number of nitrogens with zero attached hydrogens (tertiary/aromatic N) is 1. The maximum absolute atomic E-state index is 4.56. The van der Waals surface area contributed by atoms with E-state index in [1.165, 1.54) is 41.6 Å². The van der Waals surface area contributed by atoms with Crippen molar-refractivity contribution in [2.24, 2.45) is 0 Å². The zero-order valence-corrected chi connectivity index (χ0v) is 11.5. The van der Waals surface area contributed by atoms with Crippen LogP contribution in [0.3, 0.4) is 0 Å². The summed E-state index contributed by atoms with van der Waals surface area (Å²) in [6.07, 6.45) is 5.56. The van der Waals surface area contributed by atoms with Crippen LogP contribution in [0.15, 0.2) is 29.1 Å². The van der Waals surface area contributed by atoms with Gasteiger partial charge in [0, 0.05) is 12.7 Å². The van der Waals surface area contributed by atoms with Crippen LogP contribution in [0.4, 0.5) is 0 Å². The highest BCUT2D eigenvalue weighted by atomic mass is 32.1. The van der Waals surface area contributed by atoms with Crippen molar-refractivity contribution in [3.8, 4) is 0 Å². The molecule has 2 heterocycles. The van der Waals surface area contributed by atoms with Gasteiger partial charge in [0.1, 0.15) is 0 Å². The van der Waals surface area contributed by atoms with E-state index in [0.29, 0.717) is 6.04 Å². The predicted octanol–water partition coefficient (Wildman–Crippen LogP) is 3.62. The van der Waals surface area contributed by atoms with Crippen LogP contribution in [0.5, 0.6) is 0 Å². The number of pyridine rings is 1. The molecule has 0 amide bonds. The van der Waals surface area contributed by atoms with E-state index in [1.807, 2.05) is 12.3 Å². The Labute approximate surface area is 112 Å². The second kappa shape index (κ2) is 5.21. The maximum Gasteiger partial charge on any atom is 0.0605 e. The molecule has 94 valence electrons. The van der Waals surface area contributed by atoms with Gasteiger partial charge >= 0.3 is 0 Å². The molecule has 1 N–H and O–H groups in total. The Hall–Kier alpha value is -1.19. The lowest BCUT2D eigenvalue weighted by Gasteiger charge is -2.25. The summed E-state index contributed by atoms with van der Waals surface area (Å²) in [4.78, 5) is 4.56. The van der Waals surface area contributed by atoms with E-state index in [0.717, 1.165) is 6.54 Å². The van der Waals surface area contributed by atoms with Crippen molar-refractivity contribution in [3.05, 3.63) is 51.5 Å². The molecular weight excluding hydrogens is 240 g/mol. The van der Waals surface area contributed by atoms with Gasteiger partial charge in [-0.15, -0.1) is 0 Å². The first-order valence-electron chi connectivity index (χ1n) is 6.53. The standard InChI is InChI=1S/C15H18N2S/c1-11-9-18-10-13(11)8-17-14-6-2-4-12-5-3-7-16-15(12)14/h3,5,7,9-10,14,17H,2,4,6,8H2,1H3. The minimum Gasteiger partial charge on any atom is -0.304 e. The van der Waals surface area contributed by atoms with Gasteiger partial charge in [-0.25, -0.2) is 0 Å². The number of aryl methyl sites for hydroxylation is 2. The predicted molar refractivity (Wildman–Crippen MR) is 75.8 cm³/mol. The van der Waals surface area contributed by atoms with E-state index >= 15 is 0 Å². The molecule has 18 heavy (non-hydrogen) atoms. The molecule has 1 aliphatic rings. The molecule has 2 aromatic heterocycles. The lowest BCUT2D eigenvalue weighted by Crippen LogP contribution is -2.25. The average Bonchev–Trinajstić information content (AvgIpc) is 2.82. The topological polar surface area (TPSA) is 24.9 Å². The molecule has 0 saturated heterocycles. The summed E-state index contributed by atoms with van der Waals surface area (Å²) in [5, 5.41) is 8.12. The number of fused-ring (bicyclic) bond motifs is 1. The monoisotopic (exact) mass is 258 g/mol. The van der Waals surface area contributed by atoms with Crippen molar-refractivity contribution < 1.29 is 0 Å². The van der Waals surface area contributed by atoms with E-state index in [4.69, 9.17) is 0 Å². The van der Waals surface area contributed by atoms with Gasteiger partial charge in [-0.3, -0.25) is 4.98 Å². The van der Waals surface area contributed by atoms with E-state index < -0.39 is 0 Å². The van der Waals surface area contributed by atoms with Crippen molar-refractivity contribution in [3.63, 3.8) is 0 Å². The molecule has 0 saturated carbocycles. The molecule has 2 aromatic rings. The van der Waals surface area contributed by atoms with Gasteiger partial charge in [0.05, 0.1) is 11.7 Å². The van der Waals surface area contributed by atoms with Crippen LogP contribution in [0.25, 0.3) is 0 Å². The third-order valence-corrected chi connectivity index (χ3v) is 4.61. The zero-order valence-electron chi connectivity index (χ0n) is 10.6. The van der Waals surface area contributed by atoms with Crippen LogP contribution < -0.4 is 5.32 Å². The SMILES string of the molecule is Cc1cscc1CNC1CCCc2cccnc21. The summed E-state index contributed by atoms with van der Waals surface area (Å²) < 4.78 is 0. The van der Waals surface area contributed by atoms with Crippen molar-refractivity contribution in [2.45, 2.75) is 38.8 Å². The molecule has 0 bridgehead atoms. The molecule has 0 aliphatic heterocycles. The zero-order chi connectivity index (χ0) is 12.4. The third-order valence-electron chi connectivity index (χ3n) is 3.70. The summed E-state index contributed by atoms with van der Waals surface area (Å²) in [5.41, 5.74) is 5.49. The van der Waals surface area contributed by atoms with Crippen molar-refractivity contribution in [1.82, 2.24) is 10.3 Å². The fraction of sp³-hybridized carbons (Fsp3) is 0.400. The molecule has 3 heteroatoms. The third kappa shape index (κ3) is 2.33. The number of rotatable bonds is 3. The average molecular weight is 258 g/mol. The molecule has 0 aromatic carbocycles. The van der Waals surface area contributed by atoms with Crippen molar-refractivity contribution >= 4 is 11.3 Å². The van der Waals surface area contributed by atoms with E-state index in [1.54, 1.807) is 11.3 Å². The largest absolute Gasteiger partial charge is 0.304 e. The normalized spacial score (nSPS) is 18.6. The maximum atomic E-state index is 4.56.